The quantitative estimate of drug-likeness (QED) is 0.820. The highest BCUT2D eigenvalue weighted by molar-refractivity contribution is 6.19. The van der Waals surface area contributed by atoms with Crippen molar-refractivity contribution in [3.63, 3.8) is 0 Å². The molecule has 0 spiro atoms. The number of carbonyl (C=O) groups excluding carboxylic acids is 2. The molecule has 27 heavy (non-hydrogen) atoms. The van der Waals surface area contributed by atoms with E-state index in [9.17, 15) is 9.59 Å². The molecule has 0 radical (unpaired) electrons. The molecule has 0 saturated carbocycles. The molecule has 1 atom stereocenters. The SMILES string of the molecule is CCCCN1C(=O)[C@](C)(C(=O)Nc2cc(C)cc(C)c2)Oc2cccnc21. The average Bonchev–Trinajstić information content (AvgIpc) is 2.61. The molecule has 0 aliphatic carbocycles. The van der Waals surface area contributed by atoms with E-state index in [-0.39, 0.29) is 0 Å². The molecule has 6 nitrogen and oxygen atoms in total. The van der Waals surface area contributed by atoms with E-state index in [1.54, 1.807) is 23.2 Å². The normalized spacial score (nSPS) is 18.7. The lowest BCUT2D eigenvalue weighted by atomic mass is 10.00. The van der Waals surface area contributed by atoms with Crippen LogP contribution in [0, 0.1) is 13.8 Å². The van der Waals surface area contributed by atoms with Crippen LogP contribution < -0.4 is 15.0 Å². The number of fused-ring (bicyclic) bond motifs is 1. The van der Waals surface area contributed by atoms with Crippen LogP contribution in [0.25, 0.3) is 0 Å². The summed E-state index contributed by atoms with van der Waals surface area (Å²) in [6.45, 7) is 7.98. The fourth-order valence-electron chi connectivity index (χ4n) is 3.25. The summed E-state index contributed by atoms with van der Waals surface area (Å²) in [7, 11) is 0. The average molecular weight is 367 g/mol. The molecule has 2 aromatic rings. The highest BCUT2D eigenvalue weighted by atomic mass is 16.5. The van der Waals surface area contributed by atoms with E-state index in [4.69, 9.17) is 4.74 Å². The van der Waals surface area contributed by atoms with Gasteiger partial charge in [0.1, 0.15) is 0 Å². The lowest BCUT2D eigenvalue weighted by Crippen LogP contribution is -2.61. The number of carbonyl (C=O) groups is 2. The first kappa shape index (κ1) is 18.9. The summed E-state index contributed by atoms with van der Waals surface area (Å²) in [5.41, 5.74) is 1.06. The van der Waals surface area contributed by atoms with Gasteiger partial charge in [0, 0.05) is 18.4 Å². The Balaban J connectivity index is 1.93. The van der Waals surface area contributed by atoms with E-state index >= 15 is 0 Å². The Hall–Kier alpha value is -2.89. The first-order chi connectivity index (χ1) is 12.8. The van der Waals surface area contributed by atoms with Crippen LogP contribution in [0.4, 0.5) is 11.5 Å². The van der Waals surface area contributed by atoms with Crippen molar-refractivity contribution < 1.29 is 14.3 Å². The number of nitrogens with zero attached hydrogens (tertiary/aromatic N) is 2. The Labute approximate surface area is 159 Å². The zero-order chi connectivity index (χ0) is 19.6. The van der Waals surface area contributed by atoms with Gasteiger partial charge in [0.2, 0.25) is 0 Å². The van der Waals surface area contributed by atoms with Crippen molar-refractivity contribution in [1.29, 1.82) is 0 Å². The third kappa shape index (κ3) is 3.65. The number of nitrogens with one attached hydrogen (secondary N) is 1. The molecule has 3 rings (SSSR count). The van der Waals surface area contributed by atoms with E-state index in [0.717, 1.165) is 24.0 Å². The maximum absolute atomic E-state index is 13.2. The third-order valence-electron chi connectivity index (χ3n) is 4.62. The van der Waals surface area contributed by atoms with Crippen molar-refractivity contribution in [3.8, 4) is 5.75 Å². The van der Waals surface area contributed by atoms with Crippen LogP contribution >= 0.6 is 0 Å². The summed E-state index contributed by atoms with van der Waals surface area (Å²) >= 11 is 0. The van der Waals surface area contributed by atoms with Gasteiger partial charge in [-0.2, -0.15) is 0 Å². The second-order valence-electron chi connectivity index (χ2n) is 7.10. The first-order valence-corrected chi connectivity index (χ1v) is 9.21. The van der Waals surface area contributed by atoms with Gasteiger partial charge in [-0.1, -0.05) is 19.4 Å². The number of anilines is 2. The van der Waals surface area contributed by atoms with Crippen molar-refractivity contribution >= 4 is 23.3 Å². The van der Waals surface area contributed by atoms with Crippen molar-refractivity contribution in [2.75, 3.05) is 16.8 Å². The van der Waals surface area contributed by atoms with E-state index in [2.05, 4.69) is 17.2 Å². The Bertz CT molecular complexity index is 860. The Morgan fingerprint density at radius 3 is 2.63 bits per heavy atom. The highest BCUT2D eigenvalue weighted by Gasteiger charge is 2.51. The van der Waals surface area contributed by atoms with Crippen LogP contribution in [0.1, 0.15) is 37.8 Å². The summed E-state index contributed by atoms with van der Waals surface area (Å²) in [4.78, 5) is 32.1. The monoisotopic (exact) mass is 367 g/mol. The maximum atomic E-state index is 13.2. The van der Waals surface area contributed by atoms with Crippen LogP contribution in [0.3, 0.4) is 0 Å². The number of aromatic nitrogens is 1. The number of hydrogen-bond acceptors (Lipinski definition) is 4. The molecule has 0 fully saturated rings. The van der Waals surface area contributed by atoms with Gasteiger partial charge in [-0.15, -0.1) is 0 Å². The van der Waals surface area contributed by atoms with E-state index in [0.29, 0.717) is 23.8 Å². The number of hydrogen-bond donors (Lipinski definition) is 1. The molecule has 1 aliphatic rings. The van der Waals surface area contributed by atoms with Crippen LogP contribution in [-0.2, 0) is 9.59 Å². The number of aryl methyl sites for hydroxylation is 2. The van der Waals surface area contributed by atoms with Gasteiger partial charge in [0.25, 0.3) is 17.4 Å². The summed E-state index contributed by atoms with van der Waals surface area (Å²) < 4.78 is 5.87. The molecule has 0 unspecified atom stereocenters. The van der Waals surface area contributed by atoms with Crippen LogP contribution in [-0.4, -0.2) is 28.9 Å². The Kier molecular flexibility index (Phi) is 5.17. The van der Waals surface area contributed by atoms with E-state index in [1.807, 2.05) is 32.0 Å². The largest absolute Gasteiger partial charge is 0.464 e. The Morgan fingerprint density at radius 2 is 1.96 bits per heavy atom. The Morgan fingerprint density at radius 1 is 1.26 bits per heavy atom. The van der Waals surface area contributed by atoms with Gasteiger partial charge in [0.05, 0.1) is 0 Å². The minimum absolute atomic E-state index is 0.399. The van der Waals surface area contributed by atoms with Gasteiger partial charge in [-0.25, -0.2) is 4.98 Å². The fourth-order valence-corrected chi connectivity index (χ4v) is 3.25. The van der Waals surface area contributed by atoms with Gasteiger partial charge in [-0.3, -0.25) is 14.5 Å². The summed E-state index contributed by atoms with van der Waals surface area (Å²) in [6.07, 6.45) is 3.36. The zero-order valence-electron chi connectivity index (χ0n) is 16.2. The summed E-state index contributed by atoms with van der Waals surface area (Å²) in [6, 6.07) is 9.22. The lowest BCUT2D eigenvalue weighted by molar-refractivity contribution is -0.145. The topological polar surface area (TPSA) is 71.5 Å². The number of rotatable bonds is 5. The summed E-state index contributed by atoms with van der Waals surface area (Å²) in [5, 5.41) is 2.84. The molecule has 0 saturated heterocycles. The molecule has 1 aliphatic heterocycles. The minimum atomic E-state index is -1.65. The molecule has 1 aromatic carbocycles. The second kappa shape index (κ2) is 7.39. The molecule has 0 bridgehead atoms. The zero-order valence-corrected chi connectivity index (χ0v) is 16.2. The molecule has 1 aromatic heterocycles. The predicted molar refractivity (Wildman–Crippen MR) is 105 cm³/mol. The van der Waals surface area contributed by atoms with Gasteiger partial charge < -0.3 is 10.1 Å². The van der Waals surface area contributed by atoms with Crippen molar-refractivity contribution in [1.82, 2.24) is 4.98 Å². The van der Waals surface area contributed by atoms with Gasteiger partial charge >= 0.3 is 0 Å². The molecule has 2 heterocycles. The van der Waals surface area contributed by atoms with Crippen LogP contribution in [0.5, 0.6) is 5.75 Å². The number of pyridine rings is 1. The smallest absolute Gasteiger partial charge is 0.282 e. The third-order valence-corrected chi connectivity index (χ3v) is 4.62. The number of benzene rings is 1. The number of unbranched alkanes of at least 4 members (excludes halogenated alkanes) is 1. The van der Waals surface area contributed by atoms with E-state index < -0.39 is 17.4 Å². The molecule has 6 heteroatoms. The summed E-state index contributed by atoms with van der Waals surface area (Å²) in [5.74, 6) is 0.0106. The highest BCUT2D eigenvalue weighted by Crippen LogP contribution is 2.36. The molecule has 1 N–H and O–H groups in total. The van der Waals surface area contributed by atoms with E-state index in [1.165, 1.54) is 6.92 Å². The maximum Gasteiger partial charge on any atom is 0.282 e. The first-order valence-electron chi connectivity index (χ1n) is 9.21. The van der Waals surface area contributed by atoms with Crippen LogP contribution in [0.15, 0.2) is 36.5 Å². The molecule has 142 valence electrons. The van der Waals surface area contributed by atoms with Crippen molar-refractivity contribution in [2.45, 2.75) is 46.1 Å². The van der Waals surface area contributed by atoms with Gasteiger partial charge in [0.15, 0.2) is 11.6 Å². The molecular formula is C21H25N3O3. The standard InChI is InChI=1S/C21H25N3O3/c1-5-6-10-24-18-17(8-7-9-22-18)27-21(4,20(24)26)19(25)23-16-12-14(2)11-15(3)13-16/h7-9,11-13H,5-6,10H2,1-4H3,(H,23,25)/t21-/m0/s1. The molecule has 2 amide bonds. The van der Waals surface area contributed by atoms with Gasteiger partial charge in [-0.05, 0) is 62.6 Å². The predicted octanol–water partition coefficient (Wildman–Crippen LogP) is 3.62. The lowest BCUT2D eigenvalue weighted by Gasteiger charge is -2.38. The van der Waals surface area contributed by atoms with Crippen molar-refractivity contribution in [3.05, 3.63) is 47.7 Å². The number of amides is 2. The number of ether oxygens (including phenoxy) is 1. The second-order valence-corrected chi connectivity index (χ2v) is 7.10. The fraction of sp³-hybridized carbons (Fsp3) is 0.381. The molecular weight excluding hydrogens is 342 g/mol. The minimum Gasteiger partial charge on any atom is -0.464 e. The van der Waals surface area contributed by atoms with Crippen molar-refractivity contribution in [2.24, 2.45) is 0 Å². The van der Waals surface area contributed by atoms with Crippen LogP contribution in [0.2, 0.25) is 0 Å².